The highest BCUT2D eigenvalue weighted by Gasteiger charge is 2.02. The lowest BCUT2D eigenvalue weighted by molar-refractivity contribution is 0.175. The second-order valence-electron chi connectivity index (χ2n) is 3.57. The first-order chi connectivity index (χ1) is 6.85. The van der Waals surface area contributed by atoms with Crippen LogP contribution in [0.2, 0.25) is 0 Å². The van der Waals surface area contributed by atoms with Gasteiger partial charge in [-0.2, -0.15) is 0 Å². The van der Waals surface area contributed by atoms with Gasteiger partial charge in [-0.05, 0) is 25.8 Å². The molecule has 0 saturated heterocycles. The van der Waals surface area contributed by atoms with Crippen LogP contribution < -0.4 is 0 Å². The molecule has 0 aromatic carbocycles. The Morgan fingerprint density at radius 1 is 1.21 bits per heavy atom. The summed E-state index contributed by atoms with van der Waals surface area (Å²) in [5.74, 6) is 0. The van der Waals surface area contributed by atoms with E-state index in [2.05, 4.69) is 19.6 Å². The van der Waals surface area contributed by atoms with Crippen molar-refractivity contribution in [3.8, 4) is 0 Å². The quantitative estimate of drug-likeness (QED) is 0.301. The van der Waals surface area contributed by atoms with Crippen LogP contribution in [-0.2, 0) is 4.74 Å². The van der Waals surface area contributed by atoms with Gasteiger partial charge in [0.1, 0.15) is 6.10 Å². The SMILES string of the molecule is C=COC(/C=C/C)CCCCCCC. The zero-order valence-corrected chi connectivity index (χ0v) is 9.67. The van der Waals surface area contributed by atoms with Crippen LogP contribution in [0.1, 0.15) is 52.4 Å². The maximum absolute atomic E-state index is 5.37. The average Bonchev–Trinajstić information content (AvgIpc) is 2.18. The Labute approximate surface area is 88.9 Å². The fourth-order valence-corrected chi connectivity index (χ4v) is 1.50. The van der Waals surface area contributed by atoms with Crippen molar-refractivity contribution in [1.29, 1.82) is 0 Å². The minimum absolute atomic E-state index is 0.235. The van der Waals surface area contributed by atoms with Crippen LogP contribution in [0.5, 0.6) is 0 Å². The molecular formula is C13H24O. The maximum atomic E-state index is 5.37. The molecule has 1 nitrogen and oxygen atoms in total. The minimum atomic E-state index is 0.235. The van der Waals surface area contributed by atoms with E-state index >= 15 is 0 Å². The zero-order valence-electron chi connectivity index (χ0n) is 9.67. The monoisotopic (exact) mass is 196 g/mol. The van der Waals surface area contributed by atoms with Gasteiger partial charge in [0.25, 0.3) is 0 Å². The Hall–Kier alpha value is -0.720. The van der Waals surface area contributed by atoms with Gasteiger partial charge < -0.3 is 4.74 Å². The molecule has 14 heavy (non-hydrogen) atoms. The van der Waals surface area contributed by atoms with E-state index in [1.165, 1.54) is 38.4 Å². The molecule has 0 saturated carbocycles. The smallest absolute Gasteiger partial charge is 0.116 e. The minimum Gasteiger partial charge on any atom is -0.495 e. The van der Waals surface area contributed by atoms with E-state index in [0.717, 1.165) is 6.42 Å². The molecule has 0 N–H and O–H groups in total. The van der Waals surface area contributed by atoms with Gasteiger partial charge in [-0.3, -0.25) is 0 Å². The highest BCUT2D eigenvalue weighted by Crippen LogP contribution is 2.10. The summed E-state index contributed by atoms with van der Waals surface area (Å²) in [5.41, 5.74) is 0. The van der Waals surface area contributed by atoms with Crippen LogP contribution in [0.25, 0.3) is 0 Å². The van der Waals surface area contributed by atoms with Crippen molar-refractivity contribution in [2.75, 3.05) is 0 Å². The molecule has 0 heterocycles. The fraction of sp³-hybridized carbons (Fsp3) is 0.692. The van der Waals surface area contributed by atoms with Crippen LogP contribution in [0.15, 0.2) is 25.0 Å². The molecule has 0 aromatic heterocycles. The molecule has 1 heteroatoms. The van der Waals surface area contributed by atoms with Crippen molar-refractivity contribution in [3.63, 3.8) is 0 Å². The summed E-state index contributed by atoms with van der Waals surface area (Å²) in [4.78, 5) is 0. The predicted molar refractivity (Wildman–Crippen MR) is 63.3 cm³/mol. The third kappa shape index (κ3) is 7.90. The van der Waals surface area contributed by atoms with Gasteiger partial charge in [0.2, 0.25) is 0 Å². The molecule has 0 aromatic rings. The molecule has 0 aliphatic carbocycles. The van der Waals surface area contributed by atoms with Gasteiger partial charge in [0.05, 0.1) is 6.26 Å². The Balaban J connectivity index is 3.45. The Morgan fingerprint density at radius 2 is 1.93 bits per heavy atom. The number of rotatable bonds is 9. The Morgan fingerprint density at radius 3 is 2.50 bits per heavy atom. The Bertz CT molecular complexity index is 149. The molecule has 1 unspecified atom stereocenters. The lowest BCUT2D eigenvalue weighted by Crippen LogP contribution is -2.05. The van der Waals surface area contributed by atoms with Gasteiger partial charge in [0.15, 0.2) is 0 Å². The first kappa shape index (κ1) is 13.3. The molecule has 0 bridgehead atoms. The lowest BCUT2D eigenvalue weighted by atomic mass is 10.1. The van der Waals surface area contributed by atoms with Gasteiger partial charge in [-0.1, -0.05) is 45.3 Å². The van der Waals surface area contributed by atoms with Gasteiger partial charge in [-0.15, -0.1) is 0 Å². The van der Waals surface area contributed by atoms with Crippen LogP contribution in [0, 0.1) is 0 Å². The van der Waals surface area contributed by atoms with Crippen LogP contribution in [0.3, 0.4) is 0 Å². The number of hydrogen-bond donors (Lipinski definition) is 0. The topological polar surface area (TPSA) is 9.23 Å². The van der Waals surface area contributed by atoms with Crippen molar-refractivity contribution in [2.45, 2.75) is 58.5 Å². The van der Waals surface area contributed by atoms with Crippen molar-refractivity contribution < 1.29 is 4.74 Å². The summed E-state index contributed by atoms with van der Waals surface area (Å²) >= 11 is 0. The van der Waals surface area contributed by atoms with Crippen molar-refractivity contribution in [2.24, 2.45) is 0 Å². The van der Waals surface area contributed by atoms with E-state index < -0.39 is 0 Å². The van der Waals surface area contributed by atoms with E-state index in [9.17, 15) is 0 Å². The van der Waals surface area contributed by atoms with Gasteiger partial charge >= 0.3 is 0 Å². The van der Waals surface area contributed by atoms with Crippen LogP contribution in [0.4, 0.5) is 0 Å². The second kappa shape index (κ2) is 10.4. The molecule has 0 aliphatic heterocycles. The molecular weight excluding hydrogens is 172 g/mol. The summed E-state index contributed by atoms with van der Waals surface area (Å²) in [6.45, 7) is 7.85. The van der Waals surface area contributed by atoms with E-state index in [4.69, 9.17) is 4.74 Å². The van der Waals surface area contributed by atoms with Crippen molar-refractivity contribution >= 4 is 0 Å². The zero-order chi connectivity index (χ0) is 10.6. The van der Waals surface area contributed by atoms with E-state index in [0.29, 0.717) is 0 Å². The van der Waals surface area contributed by atoms with Crippen molar-refractivity contribution in [3.05, 3.63) is 25.0 Å². The molecule has 0 spiro atoms. The average molecular weight is 196 g/mol. The normalized spacial score (nSPS) is 13.0. The molecule has 0 radical (unpaired) electrons. The predicted octanol–water partition coefficient (Wildman–Crippen LogP) is 4.45. The summed E-state index contributed by atoms with van der Waals surface area (Å²) in [6, 6.07) is 0. The largest absolute Gasteiger partial charge is 0.495 e. The van der Waals surface area contributed by atoms with Crippen LogP contribution >= 0.6 is 0 Å². The molecule has 0 aliphatic rings. The number of ether oxygens (including phenoxy) is 1. The van der Waals surface area contributed by atoms with E-state index in [1.807, 2.05) is 13.0 Å². The highest BCUT2D eigenvalue weighted by atomic mass is 16.5. The summed E-state index contributed by atoms with van der Waals surface area (Å²) in [7, 11) is 0. The first-order valence-electron chi connectivity index (χ1n) is 5.74. The van der Waals surface area contributed by atoms with Crippen LogP contribution in [-0.4, -0.2) is 6.10 Å². The molecule has 0 amide bonds. The molecule has 0 fully saturated rings. The van der Waals surface area contributed by atoms with Gasteiger partial charge in [0, 0.05) is 0 Å². The number of hydrogen-bond acceptors (Lipinski definition) is 1. The maximum Gasteiger partial charge on any atom is 0.116 e. The second-order valence-corrected chi connectivity index (χ2v) is 3.57. The summed E-state index contributed by atoms with van der Waals surface area (Å²) < 4.78 is 5.37. The molecule has 1 atom stereocenters. The summed E-state index contributed by atoms with van der Waals surface area (Å²) in [6.07, 6.45) is 13.6. The highest BCUT2D eigenvalue weighted by molar-refractivity contribution is 4.87. The standard InChI is InChI=1S/C13H24O/c1-4-7-8-9-10-12-13(11-5-2)14-6-3/h5-6,11,13H,3-4,7-10,12H2,1-2H3/b11-5+. The summed E-state index contributed by atoms with van der Waals surface area (Å²) in [5, 5.41) is 0. The van der Waals surface area contributed by atoms with E-state index in [1.54, 1.807) is 0 Å². The third-order valence-corrected chi connectivity index (χ3v) is 2.27. The molecule has 0 rings (SSSR count). The Kier molecular flexibility index (Phi) is 9.83. The fourth-order valence-electron chi connectivity index (χ4n) is 1.50. The number of unbranched alkanes of at least 4 members (excludes halogenated alkanes) is 4. The first-order valence-corrected chi connectivity index (χ1v) is 5.74. The lowest BCUT2D eigenvalue weighted by Gasteiger charge is -2.11. The van der Waals surface area contributed by atoms with Crippen molar-refractivity contribution in [1.82, 2.24) is 0 Å². The van der Waals surface area contributed by atoms with Gasteiger partial charge in [-0.25, -0.2) is 0 Å². The van der Waals surface area contributed by atoms with E-state index in [-0.39, 0.29) is 6.10 Å². The molecule has 82 valence electrons. The third-order valence-electron chi connectivity index (χ3n) is 2.27. The number of allylic oxidation sites excluding steroid dienone is 1.